The first kappa shape index (κ1) is 22.2. The van der Waals surface area contributed by atoms with E-state index in [1.54, 1.807) is 7.11 Å². The molecule has 4 rings (SSSR count). The maximum atomic E-state index is 12.7. The number of anilines is 1. The van der Waals surface area contributed by atoms with Gasteiger partial charge < -0.3 is 15.0 Å². The van der Waals surface area contributed by atoms with Gasteiger partial charge in [-0.3, -0.25) is 14.7 Å². The largest absolute Gasteiger partial charge is 0.496 e. The van der Waals surface area contributed by atoms with Crippen LogP contribution in [-0.2, 0) is 0 Å². The zero-order valence-electron chi connectivity index (χ0n) is 18.6. The molecule has 7 nitrogen and oxygen atoms in total. The third kappa shape index (κ3) is 5.26. The van der Waals surface area contributed by atoms with Gasteiger partial charge in [0.15, 0.2) is 0 Å². The molecule has 3 heterocycles. The molecule has 1 saturated heterocycles. The molecule has 0 saturated carbocycles. The number of nitrogens with zero attached hydrogens (tertiary/aromatic N) is 4. The molecular formula is C24H29N5O2S. The molecule has 0 aliphatic carbocycles. The predicted octanol–water partition coefficient (Wildman–Crippen LogP) is 3.46. The molecular weight excluding hydrogens is 422 g/mol. The second-order valence-electron chi connectivity index (χ2n) is 7.87. The Balaban J connectivity index is 1.23. The molecule has 0 spiro atoms. The van der Waals surface area contributed by atoms with Crippen LogP contribution in [0.4, 0.5) is 5.69 Å². The van der Waals surface area contributed by atoms with Gasteiger partial charge in [-0.15, -0.1) is 0 Å². The van der Waals surface area contributed by atoms with E-state index >= 15 is 0 Å². The molecule has 32 heavy (non-hydrogen) atoms. The van der Waals surface area contributed by atoms with Gasteiger partial charge in [0.05, 0.1) is 7.11 Å². The number of hydrogen-bond donors (Lipinski definition) is 1. The van der Waals surface area contributed by atoms with Crippen LogP contribution in [-0.4, -0.2) is 66.5 Å². The average Bonchev–Trinajstić information content (AvgIpc) is 3.32. The lowest BCUT2D eigenvalue weighted by molar-refractivity contribution is 0.0948. The van der Waals surface area contributed by atoms with Crippen LogP contribution in [0.25, 0.3) is 11.1 Å². The minimum atomic E-state index is -0.134. The van der Waals surface area contributed by atoms with Gasteiger partial charge in [-0.1, -0.05) is 18.2 Å². The Morgan fingerprint density at radius 2 is 1.97 bits per heavy atom. The highest BCUT2D eigenvalue weighted by atomic mass is 32.1. The summed E-state index contributed by atoms with van der Waals surface area (Å²) in [6.45, 7) is 7.71. The Morgan fingerprint density at radius 3 is 2.75 bits per heavy atom. The van der Waals surface area contributed by atoms with Gasteiger partial charge in [0.25, 0.3) is 5.91 Å². The van der Waals surface area contributed by atoms with E-state index in [1.165, 1.54) is 17.2 Å². The zero-order valence-corrected chi connectivity index (χ0v) is 19.4. The van der Waals surface area contributed by atoms with Crippen LogP contribution in [0.2, 0.25) is 0 Å². The number of benzene rings is 1. The first-order valence-electron chi connectivity index (χ1n) is 10.9. The molecule has 0 radical (unpaired) electrons. The van der Waals surface area contributed by atoms with Gasteiger partial charge in [-0.2, -0.15) is 4.37 Å². The van der Waals surface area contributed by atoms with Crippen molar-refractivity contribution in [2.75, 3.05) is 51.3 Å². The number of ether oxygens (including phenoxy) is 1. The lowest BCUT2D eigenvalue weighted by Gasteiger charge is -2.36. The fourth-order valence-corrected chi connectivity index (χ4v) is 4.69. The van der Waals surface area contributed by atoms with Gasteiger partial charge in [0.1, 0.15) is 11.4 Å². The van der Waals surface area contributed by atoms with Crippen LogP contribution >= 0.6 is 11.5 Å². The number of amides is 1. The second kappa shape index (κ2) is 10.6. The number of piperazine rings is 1. The highest BCUT2D eigenvalue weighted by molar-refractivity contribution is 7.04. The molecule has 0 unspecified atom stereocenters. The van der Waals surface area contributed by atoms with Gasteiger partial charge in [0, 0.05) is 66.8 Å². The summed E-state index contributed by atoms with van der Waals surface area (Å²) in [6.07, 6.45) is 2.79. The van der Waals surface area contributed by atoms with Crippen molar-refractivity contribution < 1.29 is 9.53 Å². The zero-order chi connectivity index (χ0) is 22.3. The lowest BCUT2D eigenvalue weighted by atomic mass is 10.1. The molecule has 8 heteroatoms. The standard InChI is InChI=1S/C24H29N5O2S/c1-18-16-19(8-10-25-18)29-14-12-28(13-15-29)11-5-9-26-24(30)23-21(17-32-27-23)20-6-3-4-7-22(20)31-2/h3-4,6-8,10,16-17H,5,9,11-15H2,1-2H3,(H,26,30). The van der Waals surface area contributed by atoms with Crippen molar-refractivity contribution in [2.45, 2.75) is 13.3 Å². The maximum absolute atomic E-state index is 12.7. The summed E-state index contributed by atoms with van der Waals surface area (Å²) in [6, 6.07) is 11.9. The van der Waals surface area contributed by atoms with Crippen LogP contribution in [0, 0.1) is 6.92 Å². The SMILES string of the molecule is COc1ccccc1-c1csnc1C(=O)NCCCN1CCN(c2ccnc(C)c2)CC1. The summed E-state index contributed by atoms with van der Waals surface area (Å²) in [5, 5.41) is 4.93. The van der Waals surface area contributed by atoms with Crippen molar-refractivity contribution in [3.63, 3.8) is 0 Å². The van der Waals surface area contributed by atoms with Crippen LogP contribution in [0.1, 0.15) is 22.6 Å². The van der Waals surface area contributed by atoms with Gasteiger partial charge in [0.2, 0.25) is 0 Å². The normalized spacial score (nSPS) is 14.4. The van der Waals surface area contributed by atoms with Crippen molar-refractivity contribution in [3.05, 3.63) is 59.4 Å². The number of rotatable bonds is 8. The summed E-state index contributed by atoms with van der Waals surface area (Å²) < 4.78 is 9.78. The summed E-state index contributed by atoms with van der Waals surface area (Å²) >= 11 is 1.29. The van der Waals surface area contributed by atoms with Crippen LogP contribution in [0.15, 0.2) is 48.0 Å². The monoisotopic (exact) mass is 451 g/mol. The number of aromatic nitrogens is 2. The van der Waals surface area contributed by atoms with Gasteiger partial charge in [-0.05, 0) is 49.6 Å². The van der Waals surface area contributed by atoms with E-state index in [9.17, 15) is 4.79 Å². The third-order valence-corrected chi connectivity index (χ3v) is 6.37. The fourth-order valence-electron chi connectivity index (χ4n) is 4.00. The Hall–Kier alpha value is -2.97. The molecule has 0 bridgehead atoms. The van der Waals surface area contributed by atoms with Gasteiger partial charge >= 0.3 is 0 Å². The molecule has 1 aromatic carbocycles. The van der Waals surface area contributed by atoms with E-state index in [1.807, 2.05) is 42.8 Å². The number of carbonyl (C=O) groups excluding carboxylic acids is 1. The Morgan fingerprint density at radius 1 is 1.16 bits per heavy atom. The summed E-state index contributed by atoms with van der Waals surface area (Å²) in [5.74, 6) is 0.604. The van der Waals surface area contributed by atoms with E-state index in [2.05, 4.69) is 36.6 Å². The average molecular weight is 452 g/mol. The number of hydrogen-bond acceptors (Lipinski definition) is 7. The number of pyridine rings is 1. The van der Waals surface area contributed by atoms with Crippen molar-refractivity contribution >= 4 is 23.1 Å². The molecule has 1 fully saturated rings. The van der Waals surface area contributed by atoms with Crippen LogP contribution in [0.5, 0.6) is 5.75 Å². The van der Waals surface area contributed by atoms with E-state index in [0.29, 0.717) is 12.2 Å². The molecule has 1 aliphatic heterocycles. The number of para-hydroxylation sites is 1. The fraction of sp³-hybridized carbons (Fsp3) is 0.375. The van der Waals surface area contributed by atoms with E-state index in [4.69, 9.17) is 4.74 Å². The quantitative estimate of drug-likeness (QED) is 0.529. The van der Waals surface area contributed by atoms with E-state index < -0.39 is 0 Å². The molecule has 0 atom stereocenters. The Kier molecular flexibility index (Phi) is 7.34. The first-order chi connectivity index (χ1) is 15.7. The van der Waals surface area contributed by atoms with Gasteiger partial charge in [-0.25, -0.2) is 0 Å². The minimum Gasteiger partial charge on any atom is -0.496 e. The highest BCUT2D eigenvalue weighted by Crippen LogP contribution is 2.32. The number of methoxy groups -OCH3 is 1. The second-order valence-corrected chi connectivity index (χ2v) is 8.50. The van der Waals surface area contributed by atoms with Crippen LogP contribution in [0.3, 0.4) is 0 Å². The Bertz CT molecular complexity index is 1050. The lowest BCUT2D eigenvalue weighted by Crippen LogP contribution is -2.47. The van der Waals surface area contributed by atoms with Crippen molar-refractivity contribution in [2.24, 2.45) is 0 Å². The first-order valence-corrected chi connectivity index (χ1v) is 11.8. The molecule has 3 aromatic rings. The summed E-state index contributed by atoms with van der Waals surface area (Å²) in [7, 11) is 1.64. The number of carbonyl (C=O) groups is 1. The smallest absolute Gasteiger partial charge is 0.271 e. The molecule has 168 valence electrons. The Labute approximate surface area is 193 Å². The summed E-state index contributed by atoms with van der Waals surface area (Å²) in [4.78, 5) is 21.9. The molecule has 2 aromatic heterocycles. The molecule has 1 aliphatic rings. The predicted molar refractivity (Wildman–Crippen MR) is 129 cm³/mol. The van der Waals surface area contributed by atoms with E-state index in [0.717, 1.165) is 61.7 Å². The van der Waals surface area contributed by atoms with Crippen molar-refractivity contribution in [1.29, 1.82) is 0 Å². The summed E-state index contributed by atoms with van der Waals surface area (Å²) in [5.41, 5.74) is 4.46. The molecule has 1 N–H and O–H groups in total. The van der Waals surface area contributed by atoms with Crippen molar-refractivity contribution in [3.8, 4) is 16.9 Å². The molecule has 1 amide bonds. The topological polar surface area (TPSA) is 70.6 Å². The number of nitrogens with one attached hydrogen (secondary N) is 1. The van der Waals surface area contributed by atoms with Crippen molar-refractivity contribution in [1.82, 2.24) is 19.6 Å². The van der Waals surface area contributed by atoms with Crippen LogP contribution < -0.4 is 15.0 Å². The third-order valence-electron chi connectivity index (χ3n) is 5.74. The number of aryl methyl sites for hydroxylation is 1. The maximum Gasteiger partial charge on any atom is 0.271 e. The minimum absolute atomic E-state index is 0.134. The highest BCUT2D eigenvalue weighted by Gasteiger charge is 2.19. The van der Waals surface area contributed by atoms with E-state index in [-0.39, 0.29) is 5.91 Å².